The Morgan fingerprint density at radius 2 is 1.86 bits per heavy atom. The van der Waals surface area contributed by atoms with Crippen LogP contribution in [0, 0.1) is 0 Å². The van der Waals surface area contributed by atoms with Crippen LogP contribution in [0.5, 0.6) is 5.75 Å². The molecule has 4 rings (SSSR count). The molecule has 0 saturated carbocycles. The Balaban J connectivity index is 1.83. The molecule has 3 aromatic heterocycles. The molecule has 0 fully saturated rings. The Morgan fingerprint density at radius 3 is 2.67 bits per heavy atom. The molecule has 5 heteroatoms. The summed E-state index contributed by atoms with van der Waals surface area (Å²) in [5.41, 5.74) is 0.954. The van der Waals surface area contributed by atoms with Crippen molar-refractivity contribution in [2.45, 2.75) is 0 Å². The molecule has 102 valence electrons. The van der Waals surface area contributed by atoms with E-state index in [9.17, 15) is 5.11 Å². The average Bonchev–Trinajstić information content (AvgIpc) is 3.14. The number of aromatic nitrogens is 2. The second-order valence-corrected chi connectivity index (χ2v) is 5.53. The predicted molar refractivity (Wildman–Crippen MR) is 82.2 cm³/mol. The Morgan fingerprint density at radius 1 is 1.00 bits per heavy atom. The molecule has 1 N–H and O–H groups in total. The smallest absolute Gasteiger partial charge is 0.240 e. The SMILES string of the molecule is Oc1c(-c2ncc(-c3ccccc3)o2)sc2ncccc12. The topological polar surface area (TPSA) is 59.2 Å². The van der Waals surface area contributed by atoms with Crippen molar-refractivity contribution in [3.8, 4) is 27.8 Å². The third-order valence-corrected chi connectivity index (χ3v) is 4.29. The molecule has 3 heterocycles. The van der Waals surface area contributed by atoms with E-state index in [1.165, 1.54) is 11.3 Å². The van der Waals surface area contributed by atoms with Crippen LogP contribution in [0.2, 0.25) is 0 Å². The van der Waals surface area contributed by atoms with Crippen LogP contribution >= 0.6 is 11.3 Å². The quantitative estimate of drug-likeness (QED) is 0.598. The number of oxazole rings is 1. The predicted octanol–water partition coefficient (Wildman–Crippen LogP) is 4.32. The van der Waals surface area contributed by atoms with Crippen molar-refractivity contribution in [2.24, 2.45) is 0 Å². The minimum absolute atomic E-state index is 0.171. The summed E-state index contributed by atoms with van der Waals surface area (Å²) >= 11 is 1.37. The molecule has 0 saturated heterocycles. The fourth-order valence-corrected chi connectivity index (χ4v) is 3.15. The summed E-state index contributed by atoms with van der Waals surface area (Å²) in [6.45, 7) is 0. The van der Waals surface area contributed by atoms with Gasteiger partial charge < -0.3 is 9.52 Å². The summed E-state index contributed by atoms with van der Waals surface area (Å²) in [5.74, 6) is 1.26. The summed E-state index contributed by atoms with van der Waals surface area (Å²) < 4.78 is 5.78. The fraction of sp³-hybridized carbons (Fsp3) is 0. The highest BCUT2D eigenvalue weighted by Gasteiger charge is 2.18. The summed E-state index contributed by atoms with van der Waals surface area (Å²) in [5, 5.41) is 11.0. The van der Waals surface area contributed by atoms with Crippen LogP contribution in [-0.2, 0) is 0 Å². The van der Waals surface area contributed by atoms with Crippen molar-refractivity contribution in [2.75, 3.05) is 0 Å². The molecule has 0 radical (unpaired) electrons. The van der Waals surface area contributed by atoms with Gasteiger partial charge >= 0.3 is 0 Å². The Bertz CT molecular complexity index is 912. The highest BCUT2D eigenvalue weighted by Crippen LogP contribution is 2.42. The molecule has 4 nitrogen and oxygen atoms in total. The molecule has 0 spiro atoms. The first-order chi connectivity index (χ1) is 10.3. The third-order valence-electron chi connectivity index (χ3n) is 3.20. The number of nitrogens with zero attached hydrogens (tertiary/aromatic N) is 2. The van der Waals surface area contributed by atoms with Gasteiger partial charge in [0.25, 0.3) is 0 Å². The summed E-state index contributed by atoms with van der Waals surface area (Å²) in [4.78, 5) is 9.89. The molecule has 4 aromatic rings. The zero-order valence-corrected chi connectivity index (χ0v) is 11.7. The normalized spacial score (nSPS) is 11.0. The van der Waals surface area contributed by atoms with Crippen molar-refractivity contribution in [1.29, 1.82) is 0 Å². The van der Waals surface area contributed by atoms with Crippen LogP contribution in [0.1, 0.15) is 0 Å². The lowest BCUT2D eigenvalue weighted by Gasteiger charge is -1.94. The van der Waals surface area contributed by atoms with Crippen molar-refractivity contribution in [1.82, 2.24) is 9.97 Å². The van der Waals surface area contributed by atoms with Crippen LogP contribution in [0.15, 0.2) is 59.3 Å². The molecule has 0 atom stereocenters. The zero-order chi connectivity index (χ0) is 14.2. The molecule has 0 aliphatic heterocycles. The van der Waals surface area contributed by atoms with E-state index in [-0.39, 0.29) is 5.75 Å². The summed E-state index contributed by atoms with van der Waals surface area (Å²) in [6.07, 6.45) is 3.37. The molecule has 0 unspecified atom stereocenters. The first-order valence-corrected chi connectivity index (χ1v) is 7.22. The number of pyridine rings is 1. The van der Waals surface area contributed by atoms with Gasteiger partial charge in [0.05, 0.1) is 11.6 Å². The van der Waals surface area contributed by atoms with Gasteiger partial charge in [0.15, 0.2) is 5.76 Å². The first kappa shape index (κ1) is 12.1. The lowest BCUT2D eigenvalue weighted by Crippen LogP contribution is -1.71. The standard InChI is InChI=1S/C16H10N2O2S/c19-13-11-7-4-8-17-16(11)21-14(13)15-18-9-12(20-15)10-5-2-1-3-6-10/h1-9,19H. The van der Waals surface area contributed by atoms with Crippen LogP contribution < -0.4 is 0 Å². The van der Waals surface area contributed by atoms with Gasteiger partial charge in [-0.25, -0.2) is 9.97 Å². The minimum Gasteiger partial charge on any atom is -0.506 e. The second kappa shape index (κ2) is 4.71. The van der Waals surface area contributed by atoms with E-state index in [0.717, 1.165) is 15.8 Å². The van der Waals surface area contributed by atoms with Crippen molar-refractivity contribution in [3.05, 3.63) is 54.9 Å². The highest BCUT2D eigenvalue weighted by molar-refractivity contribution is 7.22. The van der Waals surface area contributed by atoms with E-state index in [1.54, 1.807) is 18.5 Å². The van der Waals surface area contributed by atoms with Gasteiger partial charge in [-0.15, -0.1) is 11.3 Å². The number of thiophene rings is 1. The lowest BCUT2D eigenvalue weighted by atomic mass is 10.2. The van der Waals surface area contributed by atoms with Crippen LogP contribution in [0.25, 0.3) is 32.3 Å². The Kier molecular flexibility index (Phi) is 2.72. The molecule has 0 aliphatic rings. The fourth-order valence-electron chi connectivity index (χ4n) is 2.18. The monoisotopic (exact) mass is 294 g/mol. The number of rotatable bonds is 2. The maximum absolute atomic E-state index is 10.3. The van der Waals surface area contributed by atoms with Gasteiger partial charge in [-0.2, -0.15) is 0 Å². The van der Waals surface area contributed by atoms with E-state index < -0.39 is 0 Å². The van der Waals surface area contributed by atoms with E-state index in [4.69, 9.17) is 4.42 Å². The Labute approximate surface area is 124 Å². The number of benzene rings is 1. The van der Waals surface area contributed by atoms with Gasteiger partial charge in [-0.1, -0.05) is 30.3 Å². The molecular weight excluding hydrogens is 284 g/mol. The van der Waals surface area contributed by atoms with Crippen molar-refractivity contribution in [3.63, 3.8) is 0 Å². The maximum atomic E-state index is 10.3. The largest absolute Gasteiger partial charge is 0.506 e. The van der Waals surface area contributed by atoms with Gasteiger partial charge in [-0.3, -0.25) is 0 Å². The number of aromatic hydroxyl groups is 1. The van der Waals surface area contributed by atoms with Crippen molar-refractivity contribution < 1.29 is 9.52 Å². The van der Waals surface area contributed by atoms with Crippen LogP contribution in [-0.4, -0.2) is 15.1 Å². The van der Waals surface area contributed by atoms with Crippen LogP contribution in [0.4, 0.5) is 0 Å². The Hall–Kier alpha value is -2.66. The molecule has 0 aliphatic carbocycles. The minimum atomic E-state index is 0.171. The highest BCUT2D eigenvalue weighted by atomic mass is 32.1. The van der Waals surface area contributed by atoms with Gasteiger partial charge in [0.1, 0.15) is 15.5 Å². The average molecular weight is 294 g/mol. The van der Waals surface area contributed by atoms with E-state index >= 15 is 0 Å². The molecule has 0 amide bonds. The molecule has 1 aromatic carbocycles. The summed E-state index contributed by atoms with van der Waals surface area (Å²) in [7, 11) is 0. The number of fused-ring (bicyclic) bond motifs is 1. The first-order valence-electron chi connectivity index (χ1n) is 6.41. The maximum Gasteiger partial charge on any atom is 0.240 e. The molecule has 21 heavy (non-hydrogen) atoms. The van der Waals surface area contributed by atoms with Gasteiger partial charge in [0, 0.05) is 11.8 Å². The second-order valence-electron chi connectivity index (χ2n) is 4.53. The summed E-state index contributed by atoms with van der Waals surface area (Å²) in [6, 6.07) is 13.4. The van der Waals surface area contributed by atoms with Gasteiger partial charge in [0.2, 0.25) is 5.89 Å². The van der Waals surface area contributed by atoms with E-state index in [0.29, 0.717) is 16.5 Å². The van der Waals surface area contributed by atoms with E-state index in [1.807, 2.05) is 36.4 Å². The third kappa shape index (κ3) is 1.98. The number of hydrogen-bond donors (Lipinski definition) is 1. The van der Waals surface area contributed by atoms with Crippen molar-refractivity contribution >= 4 is 21.6 Å². The van der Waals surface area contributed by atoms with Gasteiger partial charge in [-0.05, 0) is 12.1 Å². The zero-order valence-electron chi connectivity index (χ0n) is 10.9. The van der Waals surface area contributed by atoms with Crippen LogP contribution in [0.3, 0.4) is 0 Å². The molecular formula is C16H10N2O2S. The van der Waals surface area contributed by atoms with E-state index in [2.05, 4.69) is 9.97 Å². The lowest BCUT2D eigenvalue weighted by molar-refractivity contribution is 0.481. The number of hydrogen-bond acceptors (Lipinski definition) is 5. The molecule has 0 bridgehead atoms.